The van der Waals surface area contributed by atoms with Crippen molar-refractivity contribution >= 4 is 46.7 Å². The van der Waals surface area contributed by atoms with Crippen LogP contribution < -0.4 is 10.6 Å². The van der Waals surface area contributed by atoms with E-state index in [0.717, 1.165) is 19.3 Å². The van der Waals surface area contributed by atoms with Gasteiger partial charge in [0.05, 0.1) is 6.61 Å². The third kappa shape index (κ3) is 6.54. The van der Waals surface area contributed by atoms with Crippen LogP contribution in [-0.4, -0.2) is 36.2 Å². The Bertz CT molecular complexity index is 863. The number of hydrogen-bond acceptors (Lipinski definition) is 3. The lowest BCUT2D eigenvalue weighted by Crippen LogP contribution is -2.46. The smallest absolute Gasteiger partial charge is 0.411 e. The molecule has 1 atom stereocenters. The molecule has 0 aromatic heterocycles. The van der Waals surface area contributed by atoms with E-state index in [2.05, 4.69) is 10.6 Å². The SMILES string of the molecule is O=C(Nc1cccc(Cl)c1)OCCC1CCCCN1C(=O)Nc1cccc(Cl)c1. The first-order chi connectivity index (χ1) is 14.0. The molecule has 1 fully saturated rings. The van der Waals surface area contributed by atoms with Crippen LogP contribution in [-0.2, 0) is 4.74 Å². The van der Waals surface area contributed by atoms with Crippen LogP contribution in [0.4, 0.5) is 21.0 Å². The number of benzene rings is 2. The number of hydrogen-bond donors (Lipinski definition) is 2. The lowest BCUT2D eigenvalue weighted by molar-refractivity contribution is 0.123. The van der Waals surface area contributed by atoms with Gasteiger partial charge in [0.25, 0.3) is 0 Å². The molecule has 1 aliphatic rings. The summed E-state index contributed by atoms with van der Waals surface area (Å²) >= 11 is 11.9. The Hall–Kier alpha value is -2.44. The van der Waals surface area contributed by atoms with Crippen LogP contribution >= 0.6 is 23.2 Å². The molecule has 8 heteroatoms. The van der Waals surface area contributed by atoms with Gasteiger partial charge in [0.1, 0.15) is 0 Å². The molecule has 0 spiro atoms. The average Bonchev–Trinajstić information content (AvgIpc) is 2.68. The maximum Gasteiger partial charge on any atom is 0.411 e. The van der Waals surface area contributed by atoms with E-state index >= 15 is 0 Å². The molecule has 2 aromatic carbocycles. The van der Waals surface area contributed by atoms with Gasteiger partial charge in [-0.25, -0.2) is 9.59 Å². The molecule has 0 aliphatic carbocycles. The van der Waals surface area contributed by atoms with E-state index in [1.807, 2.05) is 4.90 Å². The van der Waals surface area contributed by atoms with Gasteiger partial charge in [0.2, 0.25) is 0 Å². The molecule has 0 saturated carbocycles. The Labute approximate surface area is 180 Å². The molecule has 2 aromatic rings. The van der Waals surface area contributed by atoms with E-state index in [9.17, 15) is 9.59 Å². The summed E-state index contributed by atoms with van der Waals surface area (Å²) in [5.41, 5.74) is 1.23. The summed E-state index contributed by atoms with van der Waals surface area (Å²) in [6.07, 6.45) is 2.90. The molecule has 154 valence electrons. The normalized spacial score (nSPS) is 16.2. The predicted molar refractivity (Wildman–Crippen MR) is 116 cm³/mol. The van der Waals surface area contributed by atoms with E-state index in [1.54, 1.807) is 48.5 Å². The largest absolute Gasteiger partial charge is 0.449 e. The highest BCUT2D eigenvalue weighted by Crippen LogP contribution is 2.22. The van der Waals surface area contributed by atoms with E-state index in [4.69, 9.17) is 27.9 Å². The fourth-order valence-corrected chi connectivity index (χ4v) is 3.72. The summed E-state index contributed by atoms with van der Waals surface area (Å²) in [7, 11) is 0. The molecule has 1 aliphatic heterocycles. The Kier molecular flexibility index (Phi) is 7.61. The predicted octanol–water partition coefficient (Wildman–Crippen LogP) is 6.02. The van der Waals surface area contributed by atoms with Gasteiger partial charge in [-0.05, 0) is 55.7 Å². The number of rotatable bonds is 5. The molecule has 1 heterocycles. The number of nitrogens with zero attached hydrogens (tertiary/aromatic N) is 1. The number of carbonyl (C=O) groups excluding carboxylic acids is 2. The third-order valence-corrected chi connectivity index (χ3v) is 5.19. The van der Waals surface area contributed by atoms with Crippen molar-refractivity contribution in [3.05, 3.63) is 58.6 Å². The first-order valence-corrected chi connectivity index (χ1v) is 10.3. The molecular formula is C21H23Cl2N3O3. The Morgan fingerprint density at radius 1 is 1.00 bits per heavy atom. The number of urea groups is 1. The third-order valence-electron chi connectivity index (χ3n) is 4.72. The van der Waals surface area contributed by atoms with Crippen LogP contribution in [0.5, 0.6) is 0 Å². The fourth-order valence-electron chi connectivity index (χ4n) is 3.34. The van der Waals surface area contributed by atoms with Crippen LogP contribution in [0.2, 0.25) is 10.0 Å². The fraction of sp³-hybridized carbons (Fsp3) is 0.333. The summed E-state index contributed by atoms with van der Waals surface area (Å²) in [6, 6.07) is 13.8. The Morgan fingerprint density at radius 2 is 1.66 bits per heavy atom. The Morgan fingerprint density at radius 3 is 2.31 bits per heavy atom. The van der Waals surface area contributed by atoms with Crippen molar-refractivity contribution in [3.63, 3.8) is 0 Å². The van der Waals surface area contributed by atoms with Crippen LogP contribution in [0.25, 0.3) is 0 Å². The number of likely N-dealkylation sites (tertiary alicyclic amines) is 1. The second-order valence-electron chi connectivity index (χ2n) is 6.84. The van der Waals surface area contributed by atoms with Gasteiger partial charge >= 0.3 is 12.1 Å². The lowest BCUT2D eigenvalue weighted by Gasteiger charge is -2.35. The number of anilines is 2. The molecule has 3 amide bonds. The highest BCUT2D eigenvalue weighted by atomic mass is 35.5. The molecule has 3 rings (SSSR count). The van der Waals surface area contributed by atoms with Gasteiger partial charge in [-0.1, -0.05) is 35.3 Å². The van der Waals surface area contributed by atoms with Crippen molar-refractivity contribution in [1.29, 1.82) is 0 Å². The average molecular weight is 436 g/mol. The van der Waals surface area contributed by atoms with Crippen molar-refractivity contribution in [1.82, 2.24) is 4.90 Å². The highest BCUT2D eigenvalue weighted by molar-refractivity contribution is 6.31. The van der Waals surface area contributed by atoms with Gasteiger partial charge in [0, 0.05) is 40.4 Å². The summed E-state index contributed by atoms with van der Waals surface area (Å²) < 4.78 is 5.28. The van der Waals surface area contributed by atoms with E-state index < -0.39 is 6.09 Å². The standard InChI is InChI=1S/C21H23Cl2N3O3/c22-15-5-3-7-17(13-15)24-20(27)26-11-2-1-9-19(26)10-12-29-21(28)25-18-8-4-6-16(23)14-18/h3-8,13-14,19H,1-2,9-12H2,(H,24,27)(H,25,28). The maximum atomic E-state index is 12.7. The summed E-state index contributed by atoms with van der Waals surface area (Å²) in [5, 5.41) is 6.63. The summed E-state index contributed by atoms with van der Waals surface area (Å²) in [4.78, 5) is 26.5. The van der Waals surface area contributed by atoms with E-state index in [0.29, 0.717) is 34.4 Å². The zero-order chi connectivity index (χ0) is 20.6. The van der Waals surface area contributed by atoms with Crippen molar-refractivity contribution in [2.75, 3.05) is 23.8 Å². The van der Waals surface area contributed by atoms with E-state index in [1.165, 1.54) is 0 Å². The Balaban J connectivity index is 1.49. The lowest BCUT2D eigenvalue weighted by atomic mass is 10.00. The molecule has 0 bridgehead atoms. The molecular weight excluding hydrogens is 413 g/mol. The topological polar surface area (TPSA) is 70.7 Å². The second-order valence-corrected chi connectivity index (χ2v) is 7.72. The van der Waals surface area contributed by atoms with Gasteiger partial charge in [-0.3, -0.25) is 5.32 Å². The monoisotopic (exact) mass is 435 g/mol. The maximum absolute atomic E-state index is 12.7. The van der Waals surface area contributed by atoms with Crippen LogP contribution in [0.1, 0.15) is 25.7 Å². The van der Waals surface area contributed by atoms with E-state index in [-0.39, 0.29) is 18.7 Å². The zero-order valence-corrected chi connectivity index (χ0v) is 17.4. The molecule has 1 unspecified atom stereocenters. The minimum absolute atomic E-state index is 0.0157. The quantitative estimate of drug-likeness (QED) is 0.602. The summed E-state index contributed by atoms with van der Waals surface area (Å²) in [6.45, 7) is 0.893. The highest BCUT2D eigenvalue weighted by Gasteiger charge is 2.27. The first-order valence-electron chi connectivity index (χ1n) is 9.54. The minimum atomic E-state index is -0.544. The summed E-state index contributed by atoms with van der Waals surface area (Å²) in [5.74, 6) is 0. The number of piperidine rings is 1. The number of amides is 3. The number of carbonyl (C=O) groups is 2. The molecule has 6 nitrogen and oxygen atoms in total. The van der Waals surface area contributed by atoms with Crippen molar-refractivity contribution in [3.8, 4) is 0 Å². The van der Waals surface area contributed by atoms with Crippen molar-refractivity contribution in [2.24, 2.45) is 0 Å². The molecule has 1 saturated heterocycles. The van der Waals surface area contributed by atoms with Gasteiger partial charge in [0.15, 0.2) is 0 Å². The molecule has 0 radical (unpaired) electrons. The van der Waals surface area contributed by atoms with Crippen LogP contribution in [0.15, 0.2) is 48.5 Å². The second kappa shape index (κ2) is 10.4. The van der Waals surface area contributed by atoms with Crippen LogP contribution in [0, 0.1) is 0 Å². The minimum Gasteiger partial charge on any atom is -0.449 e. The number of nitrogens with one attached hydrogen (secondary N) is 2. The van der Waals surface area contributed by atoms with Gasteiger partial charge in [-0.2, -0.15) is 0 Å². The zero-order valence-electron chi connectivity index (χ0n) is 15.9. The van der Waals surface area contributed by atoms with Crippen molar-refractivity contribution < 1.29 is 14.3 Å². The molecule has 2 N–H and O–H groups in total. The number of ether oxygens (including phenoxy) is 1. The van der Waals surface area contributed by atoms with Crippen LogP contribution in [0.3, 0.4) is 0 Å². The number of halogens is 2. The van der Waals surface area contributed by atoms with Gasteiger partial charge in [-0.15, -0.1) is 0 Å². The van der Waals surface area contributed by atoms with Crippen molar-refractivity contribution in [2.45, 2.75) is 31.7 Å². The van der Waals surface area contributed by atoms with Gasteiger partial charge < -0.3 is 15.0 Å². The molecule has 29 heavy (non-hydrogen) atoms. The first kappa shape index (κ1) is 21.3.